The Morgan fingerprint density at radius 1 is 1.26 bits per heavy atom. The normalized spacial score (nSPS) is 13.8. The van der Waals surface area contributed by atoms with E-state index in [0.29, 0.717) is 5.92 Å². The second-order valence-electron chi connectivity index (χ2n) is 5.08. The van der Waals surface area contributed by atoms with Gasteiger partial charge in [0.25, 0.3) is 0 Å². The van der Waals surface area contributed by atoms with Crippen LogP contribution in [-0.4, -0.2) is 19.4 Å². The average Bonchev–Trinajstić information content (AvgIpc) is 2.26. The van der Waals surface area contributed by atoms with Crippen LogP contribution in [-0.2, 0) is 11.2 Å². The number of nitrogens with two attached hydrogens (primary N) is 1. The minimum Gasteiger partial charge on any atom is -0.370 e. The lowest BCUT2D eigenvalue weighted by atomic mass is 9.99. The first-order chi connectivity index (χ1) is 8.78. The van der Waals surface area contributed by atoms with Crippen molar-refractivity contribution in [3.8, 4) is 0 Å². The highest BCUT2D eigenvalue weighted by Crippen LogP contribution is 2.18. The van der Waals surface area contributed by atoms with Crippen molar-refractivity contribution in [1.29, 1.82) is 0 Å². The molecule has 2 N–H and O–H groups in total. The van der Waals surface area contributed by atoms with Crippen LogP contribution in [0.3, 0.4) is 0 Å². The summed E-state index contributed by atoms with van der Waals surface area (Å²) in [5.41, 5.74) is 7.78. The zero-order valence-corrected chi connectivity index (χ0v) is 11.2. The molecule has 0 aliphatic rings. The Morgan fingerprint density at radius 2 is 1.95 bits per heavy atom. The molecule has 0 radical (unpaired) electrons. The second-order valence-corrected chi connectivity index (χ2v) is 5.08. The van der Waals surface area contributed by atoms with Gasteiger partial charge in [0.15, 0.2) is 0 Å². The van der Waals surface area contributed by atoms with E-state index in [-0.39, 0.29) is 6.61 Å². The molecule has 0 saturated carbocycles. The van der Waals surface area contributed by atoms with Gasteiger partial charge in [0, 0.05) is 0 Å². The predicted molar refractivity (Wildman–Crippen MR) is 68.8 cm³/mol. The summed E-state index contributed by atoms with van der Waals surface area (Å²) in [6.45, 7) is 2.83. The summed E-state index contributed by atoms with van der Waals surface area (Å²) in [6, 6.07) is 7.07. The van der Waals surface area contributed by atoms with E-state index >= 15 is 0 Å². The van der Waals surface area contributed by atoms with E-state index in [4.69, 9.17) is 5.73 Å². The van der Waals surface area contributed by atoms with Crippen LogP contribution >= 0.6 is 0 Å². The lowest BCUT2D eigenvalue weighted by molar-refractivity contribution is -0.174. The van der Waals surface area contributed by atoms with Crippen molar-refractivity contribution in [2.24, 2.45) is 11.7 Å². The largest absolute Gasteiger partial charge is 0.411 e. The van der Waals surface area contributed by atoms with Gasteiger partial charge in [-0.3, -0.25) is 0 Å². The quantitative estimate of drug-likeness (QED) is 0.863. The van der Waals surface area contributed by atoms with Crippen LogP contribution in [0.4, 0.5) is 13.2 Å². The second kappa shape index (κ2) is 6.91. The Morgan fingerprint density at radius 3 is 2.53 bits per heavy atom. The van der Waals surface area contributed by atoms with Crippen molar-refractivity contribution in [1.82, 2.24) is 0 Å². The van der Waals surface area contributed by atoms with E-state index in [1.165, 1.54) is 0 Å². The number of halogens is 3. The van der Waals surface area contributed by atoms with E-state index in [0.717, 1.165) is 17.5 Å². The fourth-order valence-electron chi connectivity index (χ4n) is 1.82. The van der Waals surface area contributed by atoms with Gasteiger partial charge in [-0.05, 0) is 23.5 Å². The summed E-state index contributed by atoms with van der Waals surface area (Å²) >= 11 is 0. The van der Waals surface area contributed by atoms with Gasteiger partial charge in [0.2, 0.25) is 0 Å². The molecule has 0 aliphatic heterocycles. The van der Waals surface area contributed by atoms with Crippen LogP contribution in [0.2, 0.25) is 0 Å². The summed E-state index contributed by atoms with van der Waals surface area (Å²) in [5, 5.41) is 0. The maximum absolute atomic E-state index is 12.0. The molecular weight excluding hydrogens is 255 g/mol. The Hall–Kier alpha value is -1.07. The van der Waals surface area contributed by atoms with E-state index in [9.17, 15) is 13.2 Å². The molecule has 1 unspecified atom stereocenters. The average molecular weight is 275 g/mol. The van der Waals surface area contributed by atoms with Crippen molar-refractivity contribution >= 4 is 0 Å². The molecule has 0 bridgehead atoms. The van der Waals surface area contributed by atoms with Crippen molar-refractivity contribution < 1.29 is 17.9 Å². The molecular formula is C14H20F3NO. The van der Waals surface area contributed by atoms with Crippen LogP contribution in [0.5, 0.6) is 0 Å². The summed E-state index contributed by atoms with van der Waals surface area (Å²) in [7, 11) is 0. The Bertz CT molecular complexity index is 391. The van der Waals surface area contributed by atoms with E-state index in [1.54, 1.807) is 0 Å². The molecule has 19 heavy (non-hydrogen) atoms. The van der Waals surface area contributed by atoms with Gasteiger partial charge in [0.1, 0.15) is 6.61 Å². The monoisotopic (exact) mass is 275 g/mol. The zero-order chi connectivity index (χ0) is 14.5. The first-order valence-electron chi connectivity index (χ1n) is 6.27. The van der Waals surface area contributed by atoms with Crippen molar-refractivity contribution in [2.75, 3.05) is 13.2 Å². The fraction of sp³-hybridized carbons (Fsp3) is 0.571. The maximum atomic E-state index is 12.0. The zero-order valence-electron chi connectivity index (χ0n) is 11.2. The summed E-state index contributed by atoms with van der Waals surface area (Å²) in [5.74, 6) is 0.521. The lowest BCUT2D eigenvalue weighted by Crippen LogP contribution is -2.23. The first kappa shape index (κ1) is 16.0. The molecule has 1 rings (SSSR count). The summed E-state index contributed by atoms with van der Waals surface area (Å²) in [6.07, 6.45) is -3.39. The minimum absolute atomic E-state index is 0.134. The molecule has 1 aromatic carbocycles. The molecule has 0 spiro atoms. The third-order valence-electron chi connectivity index (χ3n) is 2.59. The Labute approximate surface area is 111 Å². The molecule has 1 aromatic rings. The summed E-state index contributed by atoms with van der Waals surface area (Å²) in [4.78, 5) is 0. The molecule has 0 fully saturated rings. The van der Waals surface area contributed by atoms with E-state index in [1.807, 2.05) is 24.3 Å². The smallest absolute Gasteiger partial charge is 0.370 e. The number of hydrogen-bond acceptors (Lipinski definition) is 2. The van der Waals surface area contributed by atoms with Crippen molar-refractivity contribution in [3.05, 3.63) is 35.4 Å². The molecule has 2 nitrogen and oxygen atoms in total. The van der Waals surface area contributed by atoms with Crippen LogP contribution < -0.4 is 5.73 Å². The van der Waals surface area contributed by atoms with Crippen molar-refractivity contribution in [3.63, 3.8) is 0 Å². The van der Waals surface area contributed by atoms with E-state index < -0.39 is 18.8 Å². The Kier molecular flexibility index (Phi) is 5.82. The van der Waals surface area contributed by atoms with Gasteiger partial charge in [0.05, 0.1) is 12.6 Å². The van der Waals surface area contributed by atoms with Crippen LogP contribution in [0.25, 0.3) is 0 Å². The highest BCUT2D eigenvalue weighted by Gasteiger charge is 2.27. The van der Waals surface area contributed by atoms with Gasteiger partial charge in [-0.1, -0.05) is 38.1 Å². The summed E-state index contributed by atoms with van der Waals surface area (Å²) < 4.78 is 40.4. The molecule has 0 amide bonds. The van der Waals surface area contributed by atoms with E-state index in [2.05, 4.69) is 18.6 Å². The van der Waals surface area contributed by atoms with Gasteiger partial charge in [-0.15, -0.1) is 0 Å². The standard InChI is InChI=1S/C14H20F3NO/c1-10(2)6-11-4-3-5-12(7-11)13(18)8-19-9-14(15,16)17/h3-5,7,10,13H,6,8-9,18H2,1-2H3. The predicted octanol–water partition coefficient (Wildman–Crippen LogP) is 3.46. The minimum atomic E-state index is -4.31. The molecule has 0 aromatic heterocycles. The third-order valence-corrected chi connectivity index (χ3v) is 2.59. The first-order valence-corrected chi connectivity index (χ1v) is 6.27. The van der Waals surface area contributed by atoms with Crippen molar-refractivity contribution in [2.45, 2.75) is 32.5 Å². The van der Waals surface area contributed by atoms with Crippen LogP contribution in [0, 0.1) is 5.92 Å². The van der Waals surface area contributed by atoms with Gasteiger partial charge >= 0.3 is 6.18 Å². The number of rotatable bonds is 6. The van der Waals surface area contributed by atoms with Crippen LogP contribution in [0.1, 0.15) is 31.0 Å². The molecule has 0 aliphatic carbocycles. The molecule has 5 heteroatoms. The number of alkyl halides is 3. The number of hydrogen-bond donors (Lipinski definition) is 1. The number of ether oxygens (including phenoxy) is 1. The van der Waals surface area contributed by atoms with Gasteiger partial charge in [-0.25, -0.2) is 0 Å². The highest BCUT2D eigenvalue weighted by atomic mass is 19.4. The van der Waals surface area contributed by atoms with Crippen LogP contribution in [0.15, 0.2) is 24.3 Å². The Balaban J connectivity index is 2.54. The SMILES string of the molecule is CC(C)Cc1cccc(C(N)COCC(F)(F)F)c1. The molecule has 108 valence electrons. The fourth-order valence-corrected chi connectivity index (χ4v) is 1.82. The van der Waals surface area contributed by atoms with Gasteiger partial charge in [-0.2, -0.15) is 13.2 Å². The molecule has 1 atom stereocenters. The highest BCUT2D eigenvalue weighted by molar-refractivity contribution is 5.26. The molecule has 0 heterocycles. The topological polar surface area (TPSA) is 35.2 Å². The lowest BCUT2D eigenvalue weighted by Gasteiger charge is -2.15. The third kappa shape index (κ3) is 6.59. The van der Waals surface area contributed by atoms with Gasteiger partial charge < -0.3 is 10.5 Å². The maximum Gasteiger partial charge on any atom is 0.411 e. The molecule has 0 saturated heterocycles. The number of benzene rings is 1.